The van der Waals surface area contributed by atoms with Crippen LogP contribution in [0.5, 0.6) is 11.5 Å². The first-order chi connectivity index (χ1) is 15.7. The van der Waals surface area contributed by atoms with Crippen LogP contribution in [-0.4, -0.2) is 35.7 Å². The molecule has 3 heteroatoms. The average Bonchev–Trinajstić information content (AvgIpc) is 3.24. The molecule has 3 atom stereocenters. The second-order valence-corrected chi connectivity index (χ2v) is 9.36. The van der Waals surface area contributed by atoms with Crippen LogP contribution in [0.15, 0.2) is 72.8 Å². The van der Waals surface area contributed by atoms with Crippen LogP contribution in [0, 0.1) is 0 Å². The summed E-state index contributed by atoms with van der Waals surface area (Å²) in [5, 5.41) is 10.0. The first kappa shape index (κ1) is 21.1. The number of benzene rings is 3. The van der Waals surface area contributed by atoms with Gasteiger partial charge in [-0.15, -0.1) is 0 Å². The van der Waals surface area contributed by atoms with Gasteiger partial charge in [-0.05, 0) is 91.6 Å². The van der Waals surface area contributed by atoms with E-state index in [-0.39, 0.29) is 5.92 Å². The number of nitrogens with zero attached hydrogens (tertiary/aromatic N) is 1. The highest BCUT2D eigenvalue weighted by molar-refractivity contribution is 5.48. The van der Waals surface area contributed by atoms with Gasteiger partial charge >= 0.3 is 0 Å². The lowest BCUT2D eigenvalue weighted by molar-refractivity contribution is 0.204. The van der Waals surface area contributed by atoms with Gasteiger partial charge in [0.15, 0.2) is 0 Å². The summed E-state index contributed by atoms with van der Waals surface area (Å²) in [6.45, 7) is 5.24. The number of fused-ring (bicyclic) bond motifs is 1. The van der Waals surface area contributed by atoms with Crippen molar-refractivity contribution in [3.8, 4) is 11.5 Å². The Balaban J connectivity index is 1.37. The van der Waals surface area contributed by atoms with Crippen molar-refractivity contribution in [3.63, 3.8) is 0 Å². The fourth-order valence-electron chi connectivity index (χ4n) is 5.65. The molecule has 5 rings (SSSR count). The molecule has 0 radical (unpaired) electrons. The van der Waals surface area contributed by atoms with Gasteiger partial charge in [0.25, 0.3) is 0 Å². The molecule has 3 aromatic carbocycles. The van der Waals surface area contributed by atoms with Crippen molar-refractivity contribution in [2.24, 2.45) is 0 Å². The van der Waals surface area contributed by atoms with Crippen molar-refractivity contribution in [2.45, 2.75) is 50.5 Å². The third-order valence-electron chi connectivity index (χ3n) is 7.39. The molecule has 1 heterocycles. The van der Waals surface area contributed by atoms with Crippen molar-refractivity contribution < 1.29 is 9.84 Å². The molecule has 1 saturated heterocycles. The van der Waals surface area contributed by atoms with Gasteiger partial charge < -0.3 is 9.84 Å². The minimum atomic E-state index is 0.279. The Morgan fingerprint density at radius 2 is 1.75 bits per heavy atom. The van der Waals surface area contributed by atoms with Gasteiger partial charge in [0.05, 0.1) is 0 Å². The highest BCUT2D eigenvalue weighted by Gasteiger charge is 2.32. The van der Waals surface area contributed by atoms with Gasteiger partial charge in [0, 0.05) is 18.5 Å². The number of phenolic OH excluding ortho intramolecular Hbond substituents is 1. The van der Waals surface area contributed by atoms with E-state index in [4.69, 9.17) is 4.74 Å². The van der Waals surface area contributed by atoms with E-state index in [0.29, 0.717) is 17.7 Å². The van der Waals surface area contributed by atoms with Crippen molar-refractivity contribution >= 4 is 0 Å². The normalized spacial score (nSPS) is 23.1. The monoisotopic (exact) mass is 427 g/mol. The summed E-state index contributed by atoms with van der Waals surface area (Å²) in [5.74, 6) is 2.01. The molecule has 0 saturated carbocycles. The predicted molar refractivity (Wildman–Crippen MR) is 130 cm³/mol. The molecule has 3 nitrogen and oxygen atoms in total. The summed E-state index contributed by atoms with van der Waals surface area (Å²) in [6, 6.07) is 26.1. The molecular weight excluding hydrogens is 394 g/mol. The minimum absolute atomic E-state index is 0.279. The maximum Gasteiger partial charge on any atom is 0.119 e. The maximum absolute atomic E-state index is 10.0. The van der Waals surface area contributed by atoms with E-state index >= 15 is 0 Å². The van der Waals surface area contributed by atoms with E-state index in [1.807, 2.05) is 12.1 Å². The second kappa shape index (κ2) is 9.38. The lowest BCUT2D eigenvalue weighted by Gasteiger charge is -2.35. The molecule has 166 valence electrons. The zero-order valence-electron chi connectivity index (χ0n) is 18.9. The highest BCUT2D eigenvalue weighted by atomic mass is 16.5. The summed E-state index contributed by atoms with van der Waals surface area (Å²) >= 11 is 0. The smallest absolute Gasteiger partial charge is 0.119 e. The topological polar surface area (TPSA) is 32.7 Å². The summed E-state index contributed by atoms with van der Waals surface area (Å²) in [4.78, 5) is 2.52. The number of rotatable bonds is 6. The van der Waals surface area contributed by atoms with Gasteiger partial charge in [-0.1, -0.05) is 48.5 Å². The molecule has 0 spiro atoms. The number of aromatic hydroxyl groups is 1. The zero-order chi connectivity index (χ0) is 21.9. The van der Waals surface area contributed by atoms with Gasteiger partial charge in [-0.2, -0.15) is 0 Å². The van der Waals surface area contributed by atoms with E-state index < -0.39 is 0 Å². The SMILES string of the molecule is C[C@@H]1CCCN1CCOc1ccc([C@@H]2c3ccc(O)cc3CC[C@@H]2c2ccccc2)cc1. The number of ether oxygens (including phenoxy) is 1. The quantitative estimate of drug-likeness (QED) is 0.515. The molecule has 32 heavy (non-hydrogen) atoms. The molecule has 0 aromatic heterocycles. The van der Waals surface area contributed by atoms with Crippen molar-refractivity contribution in [3.05, 3.63) is 95.1 Å². The minimum Gasteiger partial charge on any atom is -0.508 e. The van der Waals surface area contributed by atoms with E-state index in [1.54, 1.807) is 0 Å². The van der Waals surface area contributed by atoms with E-state index in [1.165, 1.54) is 41.6 Å². The summed E-state index contributed by atoms with van der Waals surface area (Å²) < 4.78 is 6.08. The average molecular weight is 428 g/mol. The molecule has 1 fully saturated rings. The van der Waals surface area contributed by atoms with Crippen LogP contribution in [0.2, 0.25) is 0 Å². The maximum atomic E-state index is 10.0. The molecule has 2 aliphatic rings. The molecule has 0 amide bonds. The van der Waals surface area contributed by atoms with Crippen LogP contribution in [0.1, 0.15) is 60.3 Å². The van der Waals surface area contributed by atoms with Gasteiger partial charge in [-0.25, -0.2) is 0 Å². The Morgan fingerprint density at radius 1 is 0.938 bits per heavy atom. The van der Waals surface area contributed by atoms with E-state index in [9.17, 15) is 5.11 Å². The van der Waals surface area contributed by atoms with Crippen LogP contribution in [0.4, 0.5) is 0 Å². The summed E-state index contributed by atoms with van der Waals surface area (Å²) in [6.07, 6.45) is 4.68. The second-order valence-electron chi connectivity index (χ2n) is 9.36. The van der Waals surface area contributed by atoms with Crippen molar-refractivity contribution in [1.29, 1.82) is 0 Å². The molecule has 1 aliphatic carbocycles. The Bertz CT molecular complexity index is 1030. The molecule has 3 aromatic rings. The van der Waals surface area contributed by atoms with Crippen LogP contribution < -0.4 is 4.74 Å². The predicted octanol–water partition coefficient (Wildman–Crippen LogP) is 6.12. The van der Waals surface area contributed by atoms with Gasteiger partial charge in [0.1, 0.15) is 18.1 Å². The van der Waals surface area contributed by atoms with Crippen LogP contribution in [-0.2, 0) is 6.42 Å². The van der Waals surface area contributed by atoms with Gasteiger partial charge in [0.2, 0.25) is 0 Å². The number of hydrogen-bond acceptors (Lipinski definition) is 3. The molecular formula is C29H33NO2. The number of aryl methyl sites for hydroxylation is 1. The highest BCUT2D eigenvalue weighted by Crippen LogP contribution is 2.47. The third-order valence-corrected chi connectivity index (χ3v) is 7.39. The van der Waals surface area contributed by atoms with Crippen LogP contribution in [0.3, 0.4) is 0 Å². The third kappa shape index (κ3) is 4.40. The summed E-state index contributed by atoms with van der Waals surface area (Å²) in [7, 11) is 0. The first-order valence-electron chi connectivity index (χ1n) is 12.0. The first-order valence-corrected chi connectivity index (χ1v) is 12.0. The number of phenols is 1. The zero-order valence-corrected chi connectivity index (χ0v) is 18.9. The van der Waals surface area contributed by atoms with Gasteiger partial charge in [-0.3, -0.25) is 4.90 Å². The number of likely N-dealkylation sites (tertiary alicyclic amines) is 1. The van der Waals surface area contributed by atoms with E-state index in [0.717, 1.165) is 31.7 Å². The van der Waals surface area contributed by atoms with Crippen LogP contribution in [0.25, 0.3) is 0 Å². The fourth-order valence-corrected chi connectivity index (χ4v) is 5.65. The fraction of sp³-hybridized carbons (Fsp3) is 0.379. The number of hydrogen-bond donors (Lipinski definition) is 1. The molecule has 0 bridgehead atoms. The molecule has 0 unspecified atom stereocenters. The van der Waals surface area contributed by atoms with Crippen molar-refractivity contribution in [1.82, 2.24) is 4.90 Å². The lowest BCUT2D eigenvalue weighted by Crippen LogP contribution is -2.31. The Morgan fingerprint density at radius 3 is 2.50 bits per heavy atom. The largest absolute Gasteiger partial charge is 0.508 e. The molecule has 1 aliphatic heterocycles. The molecule has 1 N–H and O–H groups in total. The van der Waals surface area contributed by atoms with Crippen molar-refractivity contribution in [2.75, 3.05) is 19.7 Å². The Kier molecular flexibility index (Phi) is 6.18. The summed E-state index contributed by atoms with van der Waals surface area (Å²) in [5.41, 5.74) is 5.30. The van der Waals surface area contributed by atoms with E-state index in [2.05, 4.69) is 72.5 Å². The standard InChI is InChI=1S/C29H33NO2/c1-21-6-5-17-30(21)18-19-32-26-13-9-23(10-14-26)29-27(22-7-3-2-4-8-22)15-11-24-20-25(31)12-16-28(24)29/h2-4,7-10,12-14,16,20-21,27,29,31H,5-6,11,15,17-19H2,1H3/t21-,27-,29+/m1/s1. The lowest BCUT2D eigenvalue weighted by atomic mass is 9.69. The Labute approximate surface area is 191 Å². The Hall–Kier alpha value is -2.78. The van der Waals surface area contributed by atoms with Crippen LogP contribution >= 0.6 is 0 Å².